The molecule has 0 saturated heterocycles. The highest BCUT2D eigenvalue weighted by Crippen LogP contribution is 2.49. The number of benzene rings is 1. The molecule has 2 fully saturated rings. The van der Waals surface area contributed by atoms with Crippen LogP contribution < -0.4 is 11.1 Å². The molecule has 0 heterocycles. The van der Waals surface area contributed by atoms with Crippen molar-refractivity contribution in [3.05, 3.63) is 34.3 Å². The van der Waals surface area contributed by atoms with Crippen LogP contribution in [0.2, 0.25) is 5.02 Å². The molecule has 1 aromatic carbocycles. The minimum absolute atomic E-state index is 0.257. The van der Waals surface area contributed by atoms with Gasteiger partial charge in [0.25, 0.3) is 0 Å². The monoisotopic (exact) mass is 292 g/mol. The first-order chi connectivity index (χ1) is 9.69. The maximum atomic E-state index is 6.04. The van der Waals surface area contributed by atoms with Crippen molar-refractivity contribution >= 4 is 11.6 Å². The van der Waals surface area contributed by atoms with Crippen molar-refractivity contribution < 1.29 is 0 Å². The van der Waals surface area contributed by atoms with E-state index in [4.69, 9.17) is 17.3 Å². The molecule has 20 heavy (non-hydrogen) atoms. The van der Waals surface area contributed by atoms with E-state index in [1.807, 2.05) is 12.1 Å². The van der Waals surface area contributed by atoms with Crippen LogP contribution in [0.25, 0.3) is 0 Å². The van der Waals surface area contributed by atoms with Crippen LogP contribution >= 0.6 is 11.6 Å². The molecule has 1 unspecified atom stereocenters. The SMILES string of the molecule is Cc1cc(Cl)ccc1C(CN)NCC(C1CC1)C1CC1. The van der Waals surface area contributed by atoms with Gasteiger partial charge >= 0.3 is 0 Å². The molecule has 110 valence electrons. The summed E-state index contributed by atoms with van der Waals surface area (Å²) >= 11 is 6.04. The van der Waals surface area contributed by atoms with Crippen molar-refractivity contribution in [3.63, 3.8) is 0 Å². The van der Waals surface area contributed by atoms with Gasteiger partial charge in [-0.25, -0.2) is 0 Å². The normalized spacial score (nSPS) is 20.4. The zero-order valence-corrected chi connectivity index (χ0v) is 13.0. The fourth-order valence-corrected chi connectivity index (χ4v) is 3.62. The van der Waals surface area contributed by atoms with Gasteiger partial charge in [0.15, 0.2) is 0 Å². The molecule has 2 nitrogen and oxygen atoms in total. The molecule has 0 spiro atoms. The Bertz CT molecular complexity index is 454. The number of nitrogens with one attached hydrogen (secondary N) is 1. The number of halogens is 1. The summed E-state index contributed by atoms with van der Waals surface area (Å²) in [5.41, 5.74) is 8.51. The summed E-state index contributed by atoms with van der Waals surface area (Å²) in [5, 5.41) is 4.52. The first-order valence-corrected chi connectivity index (χ1v) is 8.26. The lowest BCUT2D eigenvalue weighted by Crippen LogP contribution is -2.34. The Labute approximate surface area is 127 Å². The van der Waals surface area contributed by atoms with E-state index in [0.717, 1.165) is 29.3 Å². The van der Waals surface area contributed by atoms with E-state index in [0.29, 0.717) is 6.54 Å². The van der Waals surface area contributed by atoms with E-state index in [9.17, 15) is 0 Å². The fraction of sp³-hybridized carbons (Fsp3) is 0.647. The molecule has 0 aliphatic heterocycles. The van der Waals surface area contributed by atoms with Crippen LogP contribution in [0.3, 0.4) is 0 Å². The van der Waals surface area contributed by atoms with E-state index < -0.39 is 0 Å². The largest absolute Gasteiger partial charge is 0.329 e. The van der Waals surface area contributed by atoms with Gasteiger partial charge in [-0.2, -0.15) is 0 Å². The van der Waals surface area contributed by atoms with E-state index in [1.165, 1.54) is 36.8 Å². The number of hydrogen-bond acceptors (Lipinski definition) is 2. The lowest BCUT2D eigenvalue weighted by atomic mass is 9.96. The second-order valence-corrected chi connectivity index (χ2v) is 6.97. The molecule has 0 aromatic heterocycles. The van der Waals surface area contributed by atoms with Gasteiger partial charge in [0.1, 0.15) is 0 Å². The Morgan fingerprint density at radius 1 is 1.25 bits per heavy atom. The Kier molecular flexibility index (Phi) is 4.34. The van der Waals surface area contributed by atoms with Crippen molar-refractivity contribution in [1.82, 2.24) is 5.32 Å². The lowest BCUT2D eigenvalue weighted by molar-refractivity contribution is 0.357. The van der Waals surface area contributed by atoms with Crippen LogP contribution in [0.4, 0.5) is 0 Å². The molecule has 0 amide bonds. The van der Waals surface area contributed by atoms with Crippen LogP contribution in [0.15, 0.2) is 18.2 Å². The minimum Gasteiger partial charge on any atom is -0.329 e. The molecular formula is C17H25ClN2. The van der Waals surface area contributed by atoms with E-state index >= 15 is 0 Å². The summed E-state index contributed by atoms with van der Waals surface area (Å²) in [4.78, 5) is 0. The molecule has 2 aliphatic rings. The van der Waals surface area contributed by atoms with Crippen molar-refractivity contribution in [3.8, 4) is 0 Å². The molecule has 3 heteroatoms. The summed E-state index contributed by atoms with van der Waals surface area (Å²) in [6, 6.07) is 6.37. The molecular weight excluding hydrogens is 268 g/mol. The quantitative estimate of drug-likeness (QED) is 0.805. The van der Waals surface area contributed by atoms with Crippen LogP contribution in [0.1, 0.15) is 42.9 Å². The summed E-state index contributed by atoms with van der Waals surface area (Å²) in [7, 11) is 0. The Morgan fingerprint density at radius 2 is 1.90 bits per heavy atom. The third-order valence-corrected chi connectivity index (χ3v) is 5.13. The van der Waals surface area contributed by atoms with Crippen LogP contribution in [-0.2, 0) is 0 Å². The minimum atomic E-state index is 0.257. The highest BCUT2D eigenvalue weighted by Gasteiger charge is 2.41. The number of hydrogen-bond donors (Lipinski definition) is 2. The molecule has 1 aromatic rings. The van der Waals surface area contributed by atoms with Crippen molar-refractivity contribution in [2.75, 3.05) is 13.1 Å². The highest BCUT2D eigenvalue weighted by atomic mass is 35.5. The second kappa shape index (κ2) is 6.05. The molecule has 3 N–H and O–H groups in total. The highest BCUT2D eigenvalue weighted by molar-refractivity contribution is 6.30. The first-order valence-electron chi connectivity index (χ1n) is 7.88. The average molecular weight is 293 g/mol. The smallest absolute Gasteiger partial charge is 0.0447 e. The van der Waals surface area contributed by atoms with Gasteiger partial charge < -0.3 is 11.1 Å². The van der Waals surface area contributed by atoms with Crippen LogP contribution in [-0.4, -0.2) is 13.1 Å². The Morgan fingerprint density at radius 3 is 2.40 bits per heavy atom. The molecule has 1 atom stereocenters. The van der Waals surface area contributed by atoms with Gasteiger partial charge in [-0.3, -0.25) is 0 Å². The van der Waals surface area contributed by atoms with Crippen LogP contribution in [0, 0.1) is 24.7 Å². The molecule has 0 bridgehead atoms. The standard InChI is InChI=1S/C17H25ClN2/c1-11-8-14(18)6-7-15(11)17(9-19)20-10-16(12-2-3-12)13-4-5-13/h6-8,12-13,16-17,20H,2-5,9-10,19H2,1H3. The lowest BCUT2D eigenvalue weighted by Gasteiger charge is -2.23. The van der Waals surface area contributed by atoms with Gasteiger partial charge in [-0.1, -0.05) is 17.7 Å². The molecule has 3 rings (SSSR count). The molecule has 2 saturated carbocycles. The predicted octanol–water partition coefficient (Wildman–Crippen LogP) is 3.67. The first kappa shape index (κ1) is 14.4. The van der Waals surface area contributed by atoms with Crippen molar-refractivity contribution in [2.24, 2.45) is 23.5 Å². The summed E-state index contributed by atoms with van der Waals surface area (Å²) in [6.45, 7) is 3.88. The summed E-state index contributed by atoms with van der Waals surface area (Å²) in [5.74, 6) is 2.86. The predicted molar refractivity (Wildman–Crippen MR) is 84.9 cm³/mol. The third-order valence-electron chi connectivity index (χ3n) is 4.90. The average Bonchev–Trinajstić information content (AvgIpc) is 3.28. The van der Waals surface area contributed by atoms with Gasteiger partial charge in [0.2, 0.25) is 0 Å². The van der Waals surface area contributed by atoms with E-state index in [1.54, 1.807) is 0 Å². The van der Waals surface area contributed by atoms with Gasteiger partial charge in [-0.05, 0) is 80.2 Å². The van der Waals surface area contributed by atoms with Crippen molar-refractivity contribution in [1.29, 1.82) is 0 Å². The summed E-state index contributed by atoms with van der Waals surface area (Å²) in [6.07, 6.45) is 5.76. The zero-order chi connectivity index (χ0) is 14.1. The fourth-order valence-electron chi connectivity index (χ4n) is 3.40. The third kappa shape index (κ3) is 3.36. The Hall–Kier alpha value is -0.570. The maximum absolute atomic E-state index is 6.04. The van der Waals surface area contributed by atoms with Crippen LogP contribution in [0.5, 0.6) is 0 Å². The van der Waals surface area contributed by atoms with Crippen molar-refractivity contribution in [2.45, 2.75) is 38.6 Å². The second-order valence-electron chi connectivity index (χ2n) is 6.54. The van der Waals surface area contributed by atoms with E-state index in [-0.39, 0.29) is 6.04 Å². The number of rotatable bonds is 7. The molecule has 2 aliphatic carbocycles. The van der Waals surface area contributed by atoms with Gasteiger partial charge in [0.05, 0.1) is 0 Å². The molecule has 0 radical (unpaired) electrons. The zero-order valence-electron chi connectivity index (χ0n) is 12.2. The van der Waals surface area contributed by atoms with Gasteiger partial charge in [0, 0.05) is 17.6 Å². The van der Waals surface area contributed by atoms with E-state index in [2.05, 4.69) is 18.3 Å². The summed E-state index contributed by atoms with van der Waals surface area (Å²) < 4.78 is 0. The maximum Gasteiger partial charge on any atom is 0.0447 e. The number of nitrogens with two attached hydrogens (primary N) is 1. The Balaban J connectivity index is 1.63. The van der Waals surface area contributed by atoms with Gasteiger partial charge in [-0.15, -0.1) is 0 Å². The topological polar surface area (TPSA) is 38.0 Å². The number of aryl methyl sites for hydroxylation is 1.